The number of piperidine rings is 1. The maximum atomic E-state index is 10.9. The first-order valence-corrected chi connectivity index (χ1v) is 4.47. The summed E-state index contributed by atoms with van der Waals surface area (Å²) >= 11 is 0. The van der Waals surface area contributed by atoms with Crippen molar-refractivity contribution in [3.8, 4) is 0 Å². The number of carbonyl (C=O) groups excluding carboxylic acids is 1. The molecule has 1 saturated heterocycles. The molecule has 13 heavy (non-hydrogen) atoms. The van der Waals surface area contributed by atoms with Gasteiger partial charge in [-0.3, -0.25) is 4.79 Å². The number of rotatable bonds is 2. The monoisotopic (exact) mass is 187 g/mol. The number of hydrogen-bond donors (Lipinski definition) is 0. The molecule has 1 fully saturated rings. The van der Waals surface area contributed by atoms with E-state index >= 15 is 0 Å². The highest BCUT2D eigenvalue weighted by Gasteiger charge is 2.19. The molecule has 0 N–H and O–H groups in total. The maximum Gasteiger partial charge on any atom is 0.305 e. The van der Waals surface area contributed by atoms with Crippen molar-refractivity contribution in [1.29, 1.82) is 0 Å². The van der Waals surface area contributed by atoms with E-state index in [1.54, 1.807) is 0 Å². The van der Waals surface area contributed by atoms with Crippen molar-refractivity contribution in [3.63, 3.8) is 0 Å². The summed E-state index contributed by atoms with van der Waals surface area (Å²) in [5, 5.41) is 0. The first-order chi connectivity index (χ1) is 5.72. The first-order valence-electron chi connectivity index (χ1n) is 4.47. The van der Waals surface area contributed by atoms with Crippen molar-refractivity contribution in [2.45, 2.75) is 26.7 Å². The molecule has 0 bridgehead atoms. The van der Waals surface area contributed by atoms with Crippen molar-refractivity contribution < 1.29 is 9.53 Å². The van der Waals surface area contributed by atoms with Gasteiger partial charge in [-0.1, -0.05) is 7.43 Å². The minimum absolute atomic E-state index is 0. The lowest BCUT2D eigenvalue weighted by Crippen LogP contribution is -2.31. The minimum atomic E-state index is -0.0652. The molecule has 0 atom stereocenters. The molecule has 0 saturated carbocycles. The van der Waals surface area contributed by atoms with Crippen LogP contribution < -0.4 is 0 Å². The molecule has 0 aromatic carbocycles. The summed E-state index contributed by atoms with van der Waals surface area (Å²) in [6, 6.07) is 0. The molecule has 78 valence electrons. The zero-order valence-electron chi connectivity index (χ0n) is 7.88. The third-order valence-electron chi connectivity index (χ3n) is 2.52. The quantitative estimate of drug-likeness (QED) is 0.614. The smallest absolute Gasteiger partial charge is 0.305 e. The second kappa shape index (κ2) is 5.97. The van der Waals surface area contributed by atoms with Crippen molar-refractivity contribution in [1.82, 2.24) is 4.90 Å². The lowest BCUT2D eigenvalue weighted by Gasteiger charge is -2.28. The van der Waals surface area contributed by atoms with Crippen LogP contribution in [0, 0.1) is 5.92 Å². The molecule has 0 aromatic rings. The molecule has 1 aliphatic heterocycles. The highest BCUT2D eigenvalue weighted by molar-refractivity contribution is 5.69. The summed E-state index contributed by atoms with van der Waals surface area (Å²) in [6.07, 6.45) is 2.86. The number of nitrogens with zero attached hydrogens (tertiary/aromatic N) is 1. The zero-order chi connectivity index (χ0) is 8.97. The molecule has 0 aromatic heterocycles. The highest BCUT2D eigenvalue weighted by Crippen LogP contribution is 2.19. The highest BCUT2D eigenvalue weighted by atomic mass is 16.5. The van der Waals surface area contributed by atoms with Crippen molar-refractivity contribution in [2.24, 2.45) is 5.92 Å². The van der Waals surface area contributed by atoms with Crippen LogP contribution in [0.4, 0.5) is 0 Å². The molecule has 0 unspecified atom stereocenters. The van der Waals surface area contributed by atoms with Crippen LogP contribution in [-0.4, -0.2) is 38.1 Å². The van der Waals surface area contributed by atoms with E-state index in [4.69, 9.17) is 0 Å². The number of esters is 1. The summed E-state index contributed by atoms with van der Waals surface area (Å²) < 4.78 is 4.63. The summed E-state index contributed by atoms with van der Waals surface area (Å²) in [5.41, 5.74) is 0. The zero-order valence-corrected chi connectivity index (χ0v) is 7.88. The number of hydrogen-bond acceptors (Lipinski definition) is 3. The normalized spacial score (nSPS) is 19.2. The Morgan fingerprint density at radius 1 is 1.46 bits per heavy atom. The lowest BCUT2D eigenvalue weighted by atomic mass is 9.94. The summed E-state index contributed by atoms with van der Waals surface area (Å²) in [5.74, 6) is 0.484. The molecule has 1 rings (SSSR count). The summed E-state index contributed by atoms with van der Waals surface area (Å²) in [7, 11) is 3.58. The summed E-state index contributed by atoms with van der Waals surface area (Å²) in [6.45, 7) is 2.23. The number of ether oxygens (including phenoxy) is 1. The molecule has 3 heteroatoms. The number of carbonyl (C=O) groups is 1. The minimum Gasteiger partial charge on any atom is -0.469 e. The molecule has 0 radical (unpaired) electrons. The summed E-state index contributed by atoms with van der Waals surface area (Å²) in [4.78, 5) is 13.2. The van der Waals surface area contributed by atoms with Crippen LogP contribution in [-0.2, 0) is 9.53 Å². The molecular formula is C10H21NO2. The predicted molar refractivity (Wildman–Crippen MR) is 53.6 cm³/mol. The molecule has 1 heterocycles. The average Bonchev–Trinajstić information content (AvgIpc) is 2.09. The van der Waals surface area contributed by atoms with Gasteiger partial charge in [-0.25, -0.2) is 0 Å². The Bertz CT molecular complexity index is 151. The van der Waals surface area contributed by atoms with Gasteiger partial charge in [0.15, 0.2) is 0 Å². The molecule has 3 nitrogen and oxygen atoms in total. The van der Waals surface area contributed by atoms with E-state index in [1.807, 2.05) is 0 Å². The average molecular weight is 187 g/mol. The Morgan fingerprint density at radius 2 is 2.00 bits per heavy atom. The van der Waals surface area contributed by atoms with Crippen molar-refractivity contribution in [2.75, 3.05) is 27.2 Å². The Balaban J connectivity index is 0.00000144. The van der Waals surface area contributed by atoms with Crippen LogP contribution in [0.5, 0.6) is 0 Å². The molecular weight excluding hydrogens is 166 g/mol. The van der Waals surface area contributed by atoms with E-state index in [-0.39, 0.29) is 13.4 Å². The van der Waals surface area contributed by atoms with E-state index in [2.05, 4.69) is 16.7 Å². The third kappa shape index (κ3) is 4.27. The Labute approximate surface area is 81.1 Å². The number of methoxy groups -OCH3 is 1. The van der Waals surface area contributed by atoms with E-state index in [0.717, 1.165) is 25.9 Å². The molecule has 0 spiro atoms. The SMILES string of the molecule is C.COC(=O)CC1CCN(C)CC1. The van der Waals surface area contributed by atoms with Gasteiger partial charge in [-0.15, -0.1) is 0 Å². The van der Waals surface area contributed by atoms with Gasteiger partial charge in [0.1, 0.15) is 0 Å². The van der Waals surface area contributed by atoms with Gasteiger partial charge < -0.3 is 9.64 Å². The first kappa shape index (κ1) is 12.4. The predicted octanol–water partition coefficient (Wildman–Crippen LogP) is 1.53. The maximum absolute atomic E-state index is 10.9. The topological polar surface area (TPSA) is 29.5 Å². The Kier molecular flexibility index (Phi) is 5.71. The van der Waals surface area contributed by atoms with Crippen LogP contribution in [0.1, 0.15) is 26.7 Å². The van der Waals surface area contributed by atoms with Crippen LogP contribution >= 0.6 is 0 Å². The molecule has 0 amide bonds. The van der Waals surface area contributed by atoms with Crippen LogP contribution in [0.2, 0.25) is 0 Å². The molecule has 1 aliphatic rings. The van der Waals surface area contributed by atoms with Crippen LogP contribution in [0.15, 0.2) is 0 Å². The largest absolute Gasteiger partial charge is 0.469 e. The number of likely N-dealkylation sites (tertiary alicyclic amines) is 1. The van der Waals surface area contributed by atoms with Crippen LogP contribution in [0.3, 0.4) is 0 Å². The van der Waals surface area contributed by atoms with Crippen molar-refractivity contribution >= 4 is 5.97 Å². The Hall–Kier alpha value is -0.570. The van der Waals surface area contributed by atoms with Crippen molar-refractivity contribution in [3.05, 3.63) is 0 Å². The lowest BCUT2D eigenvalue weighted by molar-refractivity contribution is -0.142. The van der Waals surface area contributed by atoms with Gasteiger partial charge in [-0.2, -0.15) is 0 Å². The fourth-order valence-corrected chi connectivity index (χ4v) is 1.59. The fraction of sp³-hybridized carbons (Fsp3) is 0.900. The standard InChI is InChI=1S/C9H17NO2.CH4/c1-10-5-3-8(4-6-10)7-9(11)12-2;/h8H,3-7H2,1-2H3;1H4. The van der Waals surface area contributed by atoms with Gasteiger partial charge >= 0.3 is 5.97 Å². The van der Waals surface area contributed by atoms with Gasteiger partial charge in [0.05, 0.1) is 7.11 Å². The fourth-order valence-electron chi connectivity index (χ4n) is 1.59. The second-order valence-electron chi connectivity index (χ2n) is 3.53. The molecule has 0 aliphatic carbocycles. The van der Waals surface area contributed by atoms with E-state index in [9.17, 15) is 4.79 Å². The van der Waals surface area contributed by atoms with Gasteiger partial charge in [0.25, 0.3) is 0 Å². The second-order valence-corrected chi connectivity index (χ2v) is 3.53. The van der Waals surface area contributed by atoms with Gasteiger partial charge in [0.2, 0.25) is 0 Å². The Morgan fingerprint density at radius 3 is 2.46 bits per heavy atom. The van der Waals surface area contributed by atoms with E-state index in [0.29, 0.717) is 12.3 Å². The van der Waals surface area contributed by atoms with Gasteiger partial charge in [0, 0.05) is 6.42 Å². The van der Waals surface area contributed by atoms with E-state index in [1.165, 1.54) is 7.11 Å². The third-order valence-corrected chi connectivity index (χ3v) is 2.52. The van der Waals surface area contributed by atoms with Gasteiger partial charge in [-0.05, 0) is 38.9 Å². The van der Waals surface area contributed by atoms with E-state index < -0.39 is 0 Å². The van der Waals surface area contributed by atoms with Crippen LogP contribution in [0.25, 0.3) is 0 Å².